The van der Waals surface area contributed by atoms with Gasteiger partial charge in [-0.3, -0.25) is 0 Å². The van der Waals surface area contributed by atoms with E-state index in [2.05, 4.69) is 36.9 Å². The lowest BCUT2D eigenvalue weighted by Crippen LogP contribution is -2.27. The Morgan fingerprint density at radius 1 is 1.08 bits per heavy atom. The van der Waals surface area contributed by atoms with Crippen molar-refractivity contribution in [3.05, 3.63) is 58.1 Å². The molecule has 132 valence electrons. The molecule has 0 bridgehead atoms. The molecule has 1 heterocycles. The molecule has 3 nitrogen and oxygen atoms in total. The van der Waals surface area contributed by atoms with Gasteiger partial charge in [0.25, 0.3) is 0 Å². The standard InChI is InChI=1S/C20H23ClN2OS/c1-3-23(4-2)12-13-24-17-6-5-7-18-20(17)22-19(25-18)14-15-8-10-16(21)11-9-15/h5-11H,3-4,12-14H2,1-2H3. The molecule has 1 aromatic heterocycles. The van der Waals surface area contributed by atoms with Crippen molar-refractivity contribution in [1.82, 2.24) is 9.88 Å². The highest BCUT2D eigenvalue weighted by Crippen LogP contribution is 2.31. The first-order chi connectivity index (χ1) is 12.2. The Kier molecular flexibility index (Phi) is 6.29. The van der Waals surface area contributed by atoms with E-state index in [1.807, 2.05) is 24.3 Å². The van der Waals surface area contributed by atoms with Gasteiger partial charge < -0.3 is 9.64 Å². The van der Waals surface area contributed by atoms with Crippen LogP contribution in [0.2, 0.25) is 5.02 Å². The van der Waals surface area contributed by atoms with Crippen LogP contribution in [0.3, 0.4) is 0 Å². The number of rotatable bonds is 8. The quantitative estimate of drug-likeness (QED) is 0.537. The highest BCUT2D eigenvalue weighted by Gasteiger charge is 2.10. The summed E-state index contributed by atoms with van der Waals surface area (Å²) in [6.07, 6.45) is 0.815. The van der Waals surface area contributed by atoms with Crippen molar-refractivity contribution in [3.63, 3.8) is 0 Å². The molecule has 0 aliphatic carbocycles. The number of fused-ring (bicyclic) bond motifs is 1. The summed E-state index contributed by atoms with van der Waals surface area (Å²) in [5, 5.41) is 1.86. The summed E-state index contributed by atoms with van der Waals surface area (Å²) in [4.78, 5) is 7.17. The molecule has 0 N–H and O–H groups in total. The molecule has 0 radical (unpaired) electrons. The number of likely N-dealkylation sites (N-methyl/N-ethyl adjacent to an activating group) is 1. The molecule has 0 aliphatic heterocycles. The van der Waals surface area contributed by atoms with Crippen molar-refractivity contribution in [2.24, 2.45) is 0 Å². The van der Waals surface area contributed by atoms with Crippen LogP contribution in [0.4, 0.5) is 0 Å². The predicted octanol–water partition coefficient (Wildman–Crippen LogP) is 5.26. The number of para-hydroxylation sites is 1. The number of aromatic nitrogens is 1. The minimum atomic E-state index is 0.685. The Morgan fingerprint density at radius 3 is 2.56 bits per heavy atom. The summed E-state index contributed by atoms with van der Waals surface area (Å²) in [6, 6.07) is 14.1. The SMILES string of the molecule is CCN(CC)CCOc1cccc2sc(Cc3ccc(Cl)cc3)nc12. The van der Waals surface area contributed by atoms with Gasteiger partial charge in [0.05, 0.1) is 9.71 Å². The molecule has 0 saturated heterocycles. The molecule has 0 fully saturated rings. The van der Waals surface area contributed by atoms with E-state index in [-0.39, 0.29) is 0 Å². The lowest BCUT2D eigenvalue weighted by atomic mass is 10.2. The van der Waals surface area contributed by atoms with Gasteiger partial charge in [0, 0.05) is 18.0 Å². The highest BCUT2D eigenvalue weighted by atomic mass is 35.5. The summed E-state index contributed by atoms with van der Waals surface area (Å²) in [5.74, 6) is 0.878. The summed E-state index contributed by atoms with van der Waals surface area (Å²) in [7, 11) is 0. The third-order valence-electron chi connectivity index (χ3n) is 4.25. The molecule has 5 heteroatoms. The van der Waals surface area contributed by atoms with Crippen molar-refractivity contribution in [3.8, 4) is 5.75 Å². The first-order valence-corrected chi connectivity index (χ1v) is 9.87. The second-order valence-corrected chi connectivity index (χ2v) is 7.44. The van der Waals surface area contributed by atoms with Crippen LogP contribution < -0.4 is 4.74 Å². The molecule has 0 aliphatic rings. The molecule has 25 heavy (non-hydrogen) atoms. The number of thiazole rings is 1. The molecular formula is C20H23ClN2OS. The van der Waals surface area contributed by atoms with Gasteiger partial charge >= 0.3 is 0 Å². The molecular weight excluding hydrogens is 352 g/mol. The van der Waals surface area contributed by atoms with Crippen molar-refractivity contribution in [2.45, 2.75) is 20.3 Å². The minimum absolute atomic E-state index is 0.685. The van der Waals surface area contributed by atoms with Crippen LogP contribution in [0.5, 0.6) is 5.75 Å². The summed E-state index contributed by atoms with van der Waals surface area (Å²) < 4.78 is 7.19. The van der Waals surface area contributed by atoms with Gasteiger partial charge in [0.1, 0.15) is 17.9 Å². The summed E-state index contributed by atoms with van der Waals surface area (Å²) in [6.45, 7) is 8.06. The molecule has 0 atom stereocenters. The van der Waals surface area contributed by atoms with Crippen LogP contribution in [0, 0.1) is 0 Å². The molecule has 0 unspecified atom stereocenters. The number of nitrogens with zero attached hydrogens (tertiary/aromatic N) is 2. The number of hydrogen-bond donors (Lipinski definition) is 0. The minimum Gasteiger partial charge on any atom is -0.490 e. The Labute approximate surface area is 158 Å². The zero-order valence-corrected chi connectivity index (χ0v) is 16.2. The van der Waals surface area contributed by atoms with Gasteiger partial charge in [-0.2, -0.15) is 0 Å². The topological polar surface area (TPSA) is 25.4 Å². The Bertz CT molecular complexity index is 812. The van der Waals surface area contributed by atoms with E-state index in [9.17, 15) is 0 Å². The fourth-order valence-corrected chi connectivity index (χ4v) is 3.91. The Hall–Kier alpha value is -1.62. The fraction of sp³-hybridized carbons (Fsp3) is 0.350. The second kappa shape index (κ2) is 8.65. The van der Waals surface area contributed by atoms with E-state index in [4.69, 9.17) is 21.3 Å². The molecule has 3 rings (SSSR count). The van der Waals surface area contributed by atoms with Crippen LogP contribution >= 0.6 is 22.9 Å². The van der Waals surface area contributed by atoms with Gasteiger partial charge in [-0.1, -0.05) is 43.6 Å². The lowest BCUT2D eigenvalue weighted by Gasteiger charge is -2.18. The highest BCUT2D eigenvalue weighted by molar-refractivity contribution is 7.18. The van der Waals surface area contributed by atoms with Crippen molar-refractivity contribution < 1.29 is 4.74 Å². The van der Waals surface area contributed by atoms with E-state index in [1.165, 1.54) is 10.3 Å². The fourth-order valence-electron chi connectivity index (χ4n) is 2.76. The van der Waals surface area contributed by atoms with Crippen LogP contribution in [0.1, 0.15) is 24.4 Å². The number of ether oxygens (including phenoxy) is 1. The van der Waals surface area contributed by atoms with Crippen LogP contribution in [-0.2, 0) is 6.42 Å². The van der Waals surface area contributed by atoms with Crippen LogP contribution in [0.15, 0.2) is 42.5 Å². The molecule has 3 aromatic rings. The number of hydrogen-bond acceptors (Lipinski definition) is 4. The predicted molar refractivity (Wildman–Crippen MR) is 107 cm³/mol. The van der Waals surface area contributed by atoms with Crippen LogP contribution in [0.25, 0.3) is 10.2 Å². The van der Waals surface area contributed by atoms with Crippen molar-refractivity contribution >= 4 is 33.2 Å². The van der Waals surface area contributed by atoms with E-state index in [1.54, 1.807) is 11.3 Å². The Morgan fingerprint density at radius 2 is 1.84 bits per heavy atom. The molecule has 0 spiro atoms. The molecule has 0 amide bonds. The molecule has 0 saturated carbocycles. The zero-order chi connectivity index (χ0) is 17.6. The van der Waals surface area contributed by atoms with E-state index >= 15 is 0 Å². The lowest BCUT2D eigenvalue weighted by molar-refractivity contribution is 0.224. The summed E-state index contributed by atoms with van der Waals surface area (Å²) >= 11 is 7.68. The number of halogens is 1. The monoisotopic (exact) mass is 374 g/mol. The largest absolute Gasteiger partial charge is 0.490 e. The Balaban J connectivity index is 1.72. The van der Waals surface area contributed by atoms with Crippen molar-refractivity contribution in [1.29, 1.82) is 0 Å². The zero-order valence-electron chi connectivity index (χ0n) is 14.7. The maximum atomic E-state index is 6.02. The maximum absolute atomic E-state index is 6.02. The van der Waals surface area contributed by atoms with Gasteiger partial charge in [0.2, 0.25) is 0 Å². The summed E-state index contributed by atoms with van der Waals surface area (Å²) in [5.41, 5.74) is 2.18. The average Bonchev–Trinajstić information content (AvgIpc) is 3.04. The first kappa shape index (κ1) is 18.2. The normalized spacial score (nSPS) is 11.4. The third kappa shape index (κ3) is 4.72. The van der Waals surface area contributed by atoms with E-state index in [0.29, 0.717) is 6.61 Å². The number of benzene rings is 2. The van der Waals surface area contributed by atoms with E-state index < -0.39 is 0 Å². The van der Waals surface area contributed by atoms with Crippen molar-refractivity contribution in [2.75, 3.05) is 26.2 Å². The average molecular weight is 375 g/mol. The van der Waals surface area contributed by atoms with Crippen LogP contribution in [-0.4, -0.2) is 36.1 Å². The smallest absolute Gasteiger partial charge is 0.146 e. The maximum Gasteiger partial charge on any atom is 0.146 e. The second-order valence-electron chi connectivity index (χ2n) is 5.89. The van der Waals surface area contributed by atoms with Gasteiger partial charge in [-0.25, -0.2) is 4.98 Å². The first-order valence-electron chi connectivity index (χ1n) is 8.67. The van der Waals surface area contributed by atoms with Gasteiger partial charge in [0.15, 0.2) is 0 Å². The third-order valence-corrected chi connectivity index (χ3v) is 5.53. The molecule has 2 aromatic carbocycles. The van der Waals surface area contributed by atoms with E-state index in [0.717, 1.165) is 47.4 Å². The van der Waals surface area contributed by atoms with Gasteiger partial charge in [-0.15, -0.1) is 11.3 Å². The van der Waals surface area contributed by atoms with Gasteiger partial charge in [-0.05, 0) is 42.9 Å².